The smallest absolute Gasteiger partial charge is 0.433 e. The van der Waals surface area contributed by atoms with E-state index in [4.69, 9.17) is 9.15 Å². The maximum atomic E-state index is 12.6. The van der Waals surface area contributed by atoms with Gasteiger partial charge in [0.1, 0.15) is 23.3 Å². The number of carbonyl (C=O) groups excluding carboxylic acids is 2. The molecule has 0 saturated heterocycles. The highest BCUT2D eigenvalue weighted by Gasteiger charge is 2.35. The van der Waals surface area contributed by atoms with Crippen LogP contribution in [0.2, 0.25) is 0 Å². The van der Waals surface area contributed by atoms with Crippen LogP contribution in [0.4, 0.5) is 10.7 Å². The van der Waals surface area contributed by atoms with Crippen molar-refractivity contribution in [1.29, 1.82) is 0 Å². The topological polar surface area (TPSA) is 124 Å². The van der Waals surface area contributed by atoms with Gasteiger partial charge in [-0.2, -0.15) is 0 Å². The van der Waals surface area contributed by atoms with Crippen LogP contribution in [0.15, 0.2) is 58.2 Å². The van der Waals surface area contributed by atoms with Gasteiger partial charge < -0.3 is 19.8 Å². The molecule has 2 heterocycles. The number of benzene rings is 1. The number of amides is 2. The zero-order chi connectivity index (χ0) is 18.7. The number of nitrogens with zero attached hydrogens (tertiary/aromatic N) is 1. The lowest BCUT2D eigenvalue weighted by Gasteiger charge is -2.26. The Morgan fingerprint density at radius 2 is 2.00 bits per heavy atom. The van der Waals surface area contributed by atoms with Crippen LogP contribution in [-0.2, 0) is 16.1 Å². The van der Waals surface area contributed by atoms with Crippen LogP contribution in [0.3, 0.4) is 0 Å². The second kappa shape index (κ2) is 7.09. The first kappa shape index (κ1) is 17.2. The molecule has 1 aliphatic rings. The van der Waals surface area contributed by atoms with Crippen LogP contribution < -0.4 is 10.6 Å². The zero-order valence-electron chi connectivity index (χ0n) is 13.7. The molecule has 26 heavy (non-hydrogen) atoms. The largest absolute Gasteiger partial charge is 0.457 e. The molecule has 0 spiro atoms. The van der Waals surface area contributed by atoms with E-state index in [0.29, 0.717) is 0 Å². The minimum absolute atomic E-state index is 0.0510. The van der Waals surface area contributed by atoms with E-state index in [0.717, 1.165) is 11.6 Å². The minimum Gasteiger partial charge on any atom is -0.457 e. The number of hydrogen-bond acceptors (Lipinski definition) is 6. The lowest BCUT2D eigenvalue weighted by Crippen LogP contribution is -2.45. The molecule has 3 rings (SSSR count). The quantitative estimate of drug-likeness (QED) is 0.481. The number of ether oxygens (including phenoxy) is 1. The molecule has 2 N–H and O–H groups in total. The Morgan fingerprint density at radius 1 is 1.27 bits per heavy atom. The van der Waals surface area contributed by atoms with Crippen molar-refractivity contribution in [3.63, 3.8) is 0 Å². The molecule has 9 heteroatoms. The molecule has 2 aromatic rings. The van der Waals surface area contributed by atoms with E-state index in [9.17, 15) is 19.7 Å². The van der Waals surface area contributed by atoms with Crippen LogP contribution >= 0.6 is 0 Å². The lowest BCUT2D eigenvalue weighted by atomic mass is 10.0. The highest BCUT2D eigenvalue weighted by atomic mass is 16.6. The number of rotatable bonds is 5. The number of furan rings is 1. The molecule has 0 radical (unpaired) electrons. The lowest BCUT2D eigenvalue weighted by molar-refractivity contribution is -0.402. The van der Waals surface area contributed by atoms with Gasteiger partial charge in [-0.15, -0.1) is 0 Å². The number of allylic oxidation sites excluding steroid dienone is 1. The number of urea groups is 1. The predicted molar refractivity (Wildman–Crippen MR) is 88.7 cm³/mol. The van der Waals surface area contributed by atoms with Crippen LogP contribution in [-0.4, -0.2) is 16.9 Å². The molecule has 2 amide bonds. The standard InChI is InChI=1S/C17H15N3O6/c1-10-14(16(21)25-9-11-5-3-2-4-6-11)15(19-17(22)18-10)12-7-8-13(26-12)20(23)24/h2-8,15H,9H2,1H3,(H2,18,19,22). The summed E-state index contributed by atoms with van der Waals surface area (Å²) < 4.78 is 10.5. The van der Waals surface area contributed by atoms with E-state index in [2.05, 4.69) is 10.6 Å². The number of nitrogens with one attached hydrogen (secondary N) is 2. The molecular formula is C17H15N3O6. The fraction of sp³-hybridized carbons (Fsp3) is 0.176. The van der Waals surface area contributed by atoms with E-state index >= 15 is 0 Å². The molecule has 0 bridgehead atoms. The molecule has 1 aliphatic heterocycles. The maximum absolute atomic E-state index is 12.6. The fourth-order valence-corrected chi connectivity index (χ4v) is 2.57. The molecule has 0 saturated carbocycles. The Labute approximate surface area is 147 Å². The van der Waals surface area contributed by atoms with E-state index in [-0.39, 0.29) is 23.6 Å². The van der Waals surface area contributed by atoms with Gasteiger partial charge in [-0.3, -0.25) is 10.1 Å². The number of esters is 1. The third-order valence-electron chi connectivity index (χ3n) is 3.78. The monoisotopic (exact) mass is 357 g/mol. The first-order chi connectivity index (χ1) is 12.5. The van der Waals surface area contributed by atoms with E-state index in [1.165, 1.54) is 6.07 Å². The Morgan fingerprint density at radius 3 is 2.65 bits per heavy atom. The van der Waals surface area contributed by atoms with Gasteiger partial charge in [0.15, 0.2) is 0 Å². The van der Waals surface area contributed by atoms with Crippen molar-refractivity contribution in [2.75, 3.05) is 0 Å². The molecule has 9 nitrogen and oxygen atoms in total. The average molecular weight is 357 g/mol. The van der Waals surface area contributed by atoms with Crippen molar-refractivity contribution in [2.45, 2.75) is 19.6 Å². The number of hydrogen-bond donors (Lipinski definition) is 2. The van der Waals surface area contributed by atoms with Gasteiger partial charge in [0.25, 0.3) is 0 Å². The minimum atomic E-state index is -0.985. The van der Waals surface area contributed by atoms with Gasteiger partial charge in [-0.25, -0.2) is 9.59 Å². The summed E-state index contributed by atoms with van der Waals surface area (Å²) in [6.45, 7) is 1.59. The molecular weight excluding hydrogens is 342 g/mol. The summed E-state index contributed by atoms with van der Waals surface area (Å²) in [5.41, 5.74) is 1.21. The third-order valence-corrected chi connectivity index (χ3v) is 3.78. The average Bonchev–Trinajstić information content (AvgIpc) is 3.10. The molecule has 1 aromatic carbocycles. The van der Waals surface area contributed by atoms with Gasteiger partial charge >= 0.3 is 17.9 Å². The highest BCUT2D eigenvalue weighted by Crippen LogP contribution is 2.31. The SMILES string of the molecule is CC1=C(C(=O)OCc2ccccc2)C(c2ccc([N+](=O)[O-])o2)NC(=O)N1. The first-order valence-corrected chi connectivity index (χ1v) is 7.69. The van der Waals surface area contributed by atoms with Crippen molar-refractivity contribution in [3.8, 4) is 0 Å². The molecule has 0 aliphatic carbocycles. The van der Waals surface area contributed by atoms with Gasteiger partial charge in [0, 0.05) is 5.70 Å². The van der Waals surface area contributed by atoms with Crippen molar-refractivity contribution in [1.82, 2.24) is 10.6 Å². The highest BCUT2D eigenvalue weighted by molar-refractivity contribution is 5.94. The van der Waals surface area contributed by atoms with Crippen LogP contribution in [0.5, 0.6) is 0 Å². The van der Waals surface area contributed by atoms with Gasteiger partial charge in [0.2, 0.25) is 0 Å². The summed E-state index contributed by atoms with van der Waals surface area (Å²) in [5, 5.41) is 15.8. The van der Waals surface area contributed by atoms with Gasteiger partial charge in [-0.05, 0) is 18.6 Å². The van der Waals surface area contributed by atoms with Crippen LogP contribution in [0, 0.1) is 10.1 Å². The normalized spacial score (nSPS) is 16.7. The zero-order valence-corrected chi connectivity index (χ0v) is 13.7. The third kappa shape index (κ3) is 3.56. The number of carbonyl (C=O) groups is 2. The Kier molecular flexibility index (Phi) is 4.70. The molecule has 1 unspecified atom stereocenters. The van der Waals surface area contributed by atoms with Crippen LogP contribution in [0.1, 0.15) is 24.3 Å². The second-order valence-electron chi connectivity index (χ2n) is 5.56. The number of nitro groups is 1. The summed E-state index contributed by atoms with van der Waals surface area (Å²) in [5.74, 6) is -1.08. The van der Waals surface area contributed by atoms with Crippen molar-refractivity contribution < 1.29 is 23.7 Å². The Bertz CT molecular complexity index is 887. The summed E-state index contributed by atoms with van der Waals surface area (Å²) in [7, 11) is 0. The van der Waals surface area contributed by atoms with Crippen LogP contribution in [0.25, 0.3) is 0 Å². The van der Waals surface area contributed by atoms with E-state index < -0.39 is 28.8 Å². The Balaban J connectivity index is 1.85. The molecule has 1 atom stereocenters. The summed E-state index contributed by atoms with van der Waals surface area (Å²) >= 11 is 0. The predicted octanol–water partition coefficient (Wildman–Crippen LogP) is 2.56. The van der Waals surface area contributed by atoms with Crippen molar-refractivity contribution in [3.05, 3.63) is 75.2 Å². The maximum Gasteiger partial charge on any atom is 0.433 e. The summed E-state index contributed by atoms with van der Waals surface area (Å²) in [6.07, 6.45) is 0. The van der Waals surface area contributed by atoms with E-state index in [1.807, 2.05) is 30.3 Å². The Hall–Kier alpha value is -3.62. The molecule has 134 valence electrons. The summed E-state index contributed by atoms with van der Waals surface area (Å²) in [4.78, 5) is 34.4. The fourth-order valence-electron chi connectivity index (χ4n) is 2.57. The van der Waals surface area contributed by atoms with E-state index in [1.54, 1.807) is 6.92 Å². The van der Waals surface area contributed by atoms with Gasteiger partial charge in [0.05, 0.1) is 11.6 Å². The van der Waals surface area contributed by atoms with Crippen molar-refractivity contribution in [2.24, 2.45) is 0 Å². The van der Waals surface area contributed by atoms with Crippen molar-refractivity contribution >= 4 is 17.9 Å². The van der Waals surface area contributed by atoms with Gasteiger partial charge in [-0.1, -0.05) is 30.3 Å². The molecule has 0 fully saturated rings. The summed E-state index contributed by atoms with van der Waals surface area (Å²) in [6, 6.07) is 10.1. The first-order valence-electron chi connectivity index (χ1n) is 7.69. The molecule has 1 aromatic heterocycles. The second-order valence-corrected chi connectivity index (χ2v) is 5.56.